The van der Waals surface area contributed by atoms with E-state index in [2.05, 4.69) is 15.1 Å². The lowest BCUT2D eigenvalue weighted by atomic mass is 9.83. The summed E-state index contributed by atoms with van der Waals surface area (Å²) < 4.78 is 0. The molecule has 3 heterocycles. The molecule has 1 aliphatic carbocycles. The van der Waals surface area contributed by atoms with Gasteiger partial charge in [0.1, 0.15) is 0 Å². The highest BCUT2D eigenvalue weighted by atomic mass is 35.5. The van der Waals surface area contributed by atoms with Crippen LogP contribution in [0.4, 0.5) is 0 Å². The third-order valence-electron chi connectivity index (χ3n) is 6.13. The molecule has 22 heavy (non-hydrogen) atoms. The minimum absolute atomic E-state index is 0. The number of hydrogen-bond donors (Lipinski definition) is 1. The zero-order valence-electron chi connectivity index (χ0n) is 13.5. The standard InChI is InChI=1S/C17H29N3O.ClH/c21-17(13-5-8-18-9-6-13)19-11-7-16-14(12-19)2-1-10-20(16)15-3-4-15;/h13-16,18H,1-12H2;1H. The van der Waals surface area contributed by atoms with Crippen molar-refractivity contribution in [2.45, 2.75) is 57.0 Å². The Bertz CT molecular complexity index is 395. The number of carbonyl (C=O) groups excluding carboxylic acids is 1. The molecule has 0 spiro atoms. The van der Waals surface area contributed by atoms with Crippen molar-refractivity contribution >= 4 is 18.3 Å². The van der Waals surface area contributed by atoms with Crippen LogP contribution in [-0.4, -0.2) is 60.5 Å². The van der Waals surface area contributed by atoms with E-state index >= 15 is 0 Å². The summed E-state index contributed by atoms with van der Waals surface area (Å²) in [5, 5.41) is 3.37. The molecule has 4 nitrogen and oxygen atoms in total. The van der Waals surface area contributed by atoms with Gasteiger partial charge in [-0.2, -0.15) is 0 Å². The smallest absolute Gasteiger partial charge is 0.225 e. The zero-order chi connectivity index (χ0) is 14.2. The first kappa shape index (κ1) is 16.5. The lowest BCUT2D eigenvalue weighted by Gasteiger charge is -2.48. The lowest BCUT2D eigenvalue weighted by molar-refractivity contribution is -0.140. The molecule has 4 rings (SSSR count). The number of hydrogen-bond acceptors (Lipinski definition) is 3. The molecule has 1 saturated carbocycles. The molecule has 4 aliphatic rings. The summed E-state index contributed by atoms with van der Waals surface area (Å²) in [5.74, 6) is 1.50. The van der Waals surface area contributed by atoms with Gasteiger partial charge in [0, 0.05) is 31.1 Å². The summed E-state index contributed by atoms with van der Waals surface area (Å²) in [6.45, 7) is 5.40. The van der Waals surface area contributed by atoms with Crippen LogP contribution in [0.1, 0.15) is 44.9 Å². The van der Waals surface area contributed by atoms with Crippen LogP contribution in [0.2, 0.25) is 0 Å². The second-order valence-electron chi connectivity index (χ2n) is 7.54. The van der Waals surface area contributed by atoms with Gasteiger partial charge in [-0.1, -0.05) is 0 Å². The summed E-state index contributed by atoms with van der Waals surface area (Å²) in [6.07, 6.45) is 8.81. The van der Waals surface area contributed by atoms with Crippen LogP contribution in [0.15, 0.2) is 0 Å². The minimum Gasteiger partial charge on any atom is -0.342 e. The Kier molecular flexibility index (Phi) is 5.31. The predicted molar refractivity (Wildman–Crippen MR) is 90.3 cm³/mol. The molecule has 0 aromatic heterocycles. The topological polar surface area (TPSA) is 35.6 Å². The van der Waals surface area contributed by atoms with E-state index in [1.54, 1.807) is 0 Å². The van der Waals surface area contributed by atoms with Crippen molar-refractivity contribution in [1.29, 1.82) is 0 Å². The van der Waals surface area contributed by atoms with Crippen LogP contribution in [0.5, 0.6) is 0 Å². The van der Waals surface area contributed by atoms with E-state index in [4.69, 9.17) is 0 Å². The number of rotatable bonds is 2. The summed E-state index contributed by atoms with van der Waals surface area (Å²) in [6, 6.07) is 1.67. The van der Waals surface area contributed by atoms with Gasteiger partial charge >= 0.3 is 0 Å². The van der Waals surface area contributed by atoms with E-state index in [1.165, 1.54) is 38.6 Å². The molecule has 2 atom stereocenters. The molecule has 1 amide bonds. The van der Waals surface area contributed by atoms with Crippen molar-refractivity contribution in [3.63, 3.8) is 0 Å². The van der Waals surface area contributed by atoms with Crippen molar-refractivity contribution in [2.24, 2.45) is 11.8 Å². The van der Waals surface area contributed by atoms with Gasteiger partial charge in [0.2, 0.25) is 5.91 Å². The largest absolute Gasteiger partial charge is 0.342 e. The maximum absolute atomic E-state index is 12.7. The van der Waals surface area contributed by atoms with Crippen molar-refractivity contribution in [3.8, 4) is 0 Å². The van der Waals surface area contributed by atoms with Crippen LogP contribution in [0, 0.1) is 11.8 Å². The Balaban J connectivity index is 0.00000144. The van der Waals surface area contributed by atoms with Gasteiger partial charge < -0.3 is 10.2 Å². The van der Waals surface area contributed by atoms with E-state index in [9.17, 15) is 4.79 Å². The average Bonchev–Trinajstić information content (AvgIpc) is 3.39. The molecule has 0 aromatic rings. The van der Waals surface area contributed by atoms with Crippen LogP contribution in [0.3, 0.4) is 0 Å². The molecule has 5 heteroatoms. The third kappa shape index (κ3) is 3.29. The second-order valence-corrected chi connectivity index (χ2v) is 7.54. The first-order valence-corrected chi connectivity index (χ1v) is 9.08. The first-order valence-electron chi connectivity index (χ1n) is 9.08. The molecule has 0 radical (unpaired) electrons. The number of carbonyl (C=O) groups is 1. The van der Waals surface area contributed by atoms with Crippen molar-refractivity contribution in [2.75, 3.05) is 32.7 Å². The lowest BCUT2D eigenvalue weighted by Crippen LogP contribution is -2.56. The van der Waals surface area contributed by atoms with E-state index in [0.717, 1.165) is 57.0 Å². The third-order valence-corrected chi connectivity index (χ3v) is 6.13. The van der Waals surface area contributed by atoms with Gasteiger partial charge in [-0.3, -0.25) is 9.69 Å². The second kappa shape index (κ2) is 7.06. The number of likely N-dealkylation sites (tertiary alicyclic amines) is 2. The van der Waals surface area contributed by atoms with Gasteiger partial charge in [-0.15, -0.1) is 12.4 Å². The molecule has 0 aromatic carbocycles. The highest BCUT2D eigenvalue weighted by Crippen LogP contribution is 2.38. The maximum Gasteiger partial charge on any atom is 0.225 e. The quantitative estimate of drug-likeness (QED) is 0.841. The van der Waals surface area contributed by atoms with Crippen molar-refractivity contribution < 1.29 is 4.79 Å². The average molecular weight is 328 g/mol. The maximum atomic E-state index is 12.7. The van der Waals surface area contributed by atoms with E-state index in [0.29, 0.717) is 11.8 Å². The molecule has 0 bridgehead atoms. The van der Waals surface area contributed by atoms with Crippen molar-refractivity contribution in [1.82, 2.24) is 15.1 Å². The van der Waals surface area contributed by atoms with Crippen LogP contribution >= 0.6 is 12.4 Å². The number of fused-ring (bicyclic) bond motifs is 1. The van der Waals surface area contributed by atoms with Gasteiger partial charge in [-0.25, -0.2) is 0 Å². The van der Waals surface area contributed by atoms with Crippen molar-refractivity contribution in [3.05, 3.63) is 0 Å². The highest BCUT2D eigenvalue weighted by molar-refractivity contribution is 5.85. The highest BCUT2D eigenvalue weighted by Gasteiger charge is 2.43. The molecule has 2 unspecified atom stereocenters. The molecule has 3 saturated heterocycles. The fourth-order valence-electron chi connectivity index (χ4n) is 4.83. The molecular weight excluding hydrogens is 298 g/mol. The number of halogens is 1. The molecule has 126 valence electrons. The molecular formula is C17H30ClN3O. The Morgan fingerprint density at radius 1 is 0.955 bits per heavy atom. The van der Waals surface area contributed by atoms with Gasteiger partial charge in [-0.05, 0) is 70.5 Å². The summed E-state index contributed by atoms with van der Waals surface area (Å²) in [7, 11) is 0. The van der Waals surface area contributed by atoms with E-state index in [1.807, 2.05) is 0 Å². The van der Waals surface area contributed by atoms with Gasteiger partial charge in [0.15, 0.2) is 0 Å². The van der Waals surface area contributed by atoms with Crippen LogP contribution in [0.25, 0.3) is 0 Å². The minimum atomic E-state index is 0. The Hall–Kier alpha value is -0.320. The molecule has 3 aliphatic heterocycles. The summed E-state index contributed by atoms with van der Waals surface area (Å²) in [5.41, 5.74) is 0. The van der Waals surface area contributed by atoms with Crippen LogP contribution in [-0.2, 0) is 4.79 Å². The number of nitrogens with zero attached hydrogens (tertiary/aromatic N) is 2. The zero-order valence-corrected chi connectivity index (χ0v) is 14.3. The fraction of sp³-hybridized carbons (Fsp3) is 0.941. The normalized spacial score (nSPS) is 33.9. The fourth-order valence-corrected chi connectivity index (χ4v) is 4.83. The number of amides is 1. The molecule has 1 N–H and O–H groups in total. The monoisotopic (exact) mass is 327 g/mol. The van der Waals surface area contributed by atoms with Gasteiger partial charge in [0.05, 0.1) is 0 Å². The SMILES string of the molecule is Cl.O=C(C1CCNCC1)N1CCC2C(CCCN2C2CC2)C1. The first-order chi connectivity index (χ1) is 10.3. The summed E-state index contributed by atoms with van der Waals surface area (Å²) in [4.78, 5) is 17.7. The Morgan fingerprint density at radius 2 is 1.73 bits per heavy atom. The van der Waals surface area contributed by atoms with Gasteiger partial charge in [0.25, 0.3) is 0 Å². The number of piperidine rings is 3. The Labute approximate surface area is 140 Å². The van der Waals surface area contributed by atoms with E-state index in [-0.39, 0.29) is 12.4 Å². The summed E-state index contributed by atoms with van der Waals surface area (Å²) >= 11 is 0. The Morgan fingerprint density at radius 3 is 2.45 bits per heavy atom. The molecule has 4 fully saturated rings. The van der Waals surface area contributed by atoms with E-state index < -0.39 is 0 Å². The van der Waals surface area contributed by atoms with Crippen LogP contribution < -0.4 is 5.32 Å². The predicted octanol–water partition coefficient (Wildman–Crippen LogP) is 1.88. The number of nitrogens with one attached hydrogen (secondary N) is 1.